The minimum absolute atomic E-state index is 0.117. The third-order valence-corrected chi connectivity index (χ3v) is 8.43. The maximum Gasteiger partial charge on any atom is 0.344 e. The largest absolute Gasteiger partial charge is 0.479 e. The highest BCUT2D eigenvalue weighted by Crippen LogP contribution is 2.20. The van der Waals surface area contributed by atoms with Crippen molar-refractivity contribution in [1.82, 2.24) is 4.31 Å². The molecule has 1 atom stereocenters. The molecule has 226 valence electrons. The van der Waals surface area contributed by atoms with Crippen molar-refractivity contribution in [1.29, 1.82) is 0 Å². The number of nitrogens with zero attached hydrogens (tertiary/aromatic N) is 1. The van der Waals surface area contributed by atoms with Gasteiger partial charge in [-0.2, -0.15) is 4.31 Å². The molecule has 0 saturated carbocycles. The summed E-state index contributed by atoms with van der Waals surface area (Å²) in [6.07, 6.45) is 4.01. The Labute approximate surface area is 260 Å². The fourth-order valence-electron chi connectivity index (χ4n) is 4.36. The Balaban J connectivity index is 1.50. The van der Waals surface area contributed by atoms with E-state index in [9.17, 15) is 13.2 Å². The number of unbranched alkanes of at least 4 members (excludes halogenated alkanes) is 1. The molecule has 0 heterocycles. The van der Waals surface area contributed by atoms with Crippen LogP contribution in [0.1, 0.15) is 60.1 Å². The highest BCUT2D eigenvalue weighted by molar-refractivity contribution is 7.92. The molecule has 6 nitrogen and oxygen atoms in total. The Hall–Kier alpha value is -4.64. The standard InChI is InChI=1S/C37H37NO5S/c1-3-4-8-31-11-13-32(14-12-31)15-16-33-17-19-34(20-18-33)27-38(44(41,42)26-25-30-9-6-5-7-10-30)28-35-21-23-36(24-22-35)43-29(2)37(39)40/h5-7,9-14,17-26,29H,3-4,8,27-28H2,1-2H3,(H,39,40). The lowest BCUT2D eigenvalue weighted by atomic mass is 10.1. The second-order valence-electron chi connectivity index (χ2n) is 10.5. The first-order chi connectivity index (χ1) is 21.2. The van der Waals surface area contributed by atoms with Gasteiger partial charge in [-0.15, -0.1) is 0 Å². The van der Waals surface area contributed by atoms with Crippen molar-refractivity contribution in [3.8, 4) is 17.6 Å². The SMILES string of the molecule is CCCCc1ccc(C#Cc2ccc(CN(Cc3ccc(OC(C)C(=O)O)cc3)S(=O)(=O)C=Cc3ccccc3)cc2)cc1. The number of carboxylic acids is 1. The molecule has 0 amide bonds. The number of hydrogen-bond acceptors (Lipinski definition) is 4. The third-order valence-electron chi connectivity index (χ3n) is 6.97. The fraction of sp³-hybridized carbons (Fsp3) is 0.216. The molecule has 1 unspecified atom stereocenters. The van der Waals surface area contributed by atoms with Gasteiger partial charge in [-0.3, -0.25) is 0 Å². The van der Waals surface area contributed by atoms with Crippen LogP contribution in [0.5, 0.6) is 5.75 Å². The average molecular weight is 608 g/mol. The van der Waals surface area contributed by atoms with Crippen molar-refractivity contribution in [2.75, 3.05) is 0 Å². The van der Waals surface area contributed by atoms with Crippen LogP contribution >= 0.6 is 0 Å². The molecule has 1 N–H and O–H groups in total. The average Bonchev–Trinajstić information content (AvgIpc) is 3.04. The van der Waals surface area contributed by atoms with E-state index in [0.29, 0.717) is 5.75 Å². The second kappa shape index (κ2) is 15.7. The first kappa shape index (κ1) is 32.3. The van der Waals surface area contributed by atoms with Crippen LogP contribution in [0.4, 0.5) is 0 Å². The Bertz CT molecular complexity index is 1700. The molecule has 0 aliphatic heterocycles. The van der Waals surface area contributed by atoms with E-state index in [0.717, 1.165) is 34.2 Å². The summed E-state index contributed by atoms with van der Waals surface area (Å²) in [5.74, 6) is 5.73. The zero-order valence-electron chi connectivity index (χ0n) is 25.0. The Kier molecular flexibility index (Phi) is 11.5. The van der Waals surface area contributed by atoms with E-state index in [2.05, 4.69) is 30.9 Å². The predicted molar refractivity (Wildman–Crippen MR) is 175 cm³/mol. The molecule has 0 aromatic heterocycles. The molecule has 7 heteroatoms. The molecule has 0 saturated heterocycles. The van der Waals surface area contributed by atoms with Gasteiger partial charge in [-0.25, -0.2) is 13.2 Å². The van der Waals surface area contributed by atoms with Crippen molar-refractivity contribution < 1.29 is 23.1 Å². The first-order valence-electron chi connectivity index (χ1n) is 14.6. The molecule has 0 aliphatic rings. The van der Waals surface area contributed by atoms with Crippen LogP contribution in [0, 0.1) is 11.8 Å². The van der Waals surface area contributed by atoms with Crippen LogP contribution in [0.25, 0.3) is 6.08 Å². The Morgan fingerprint density at radius 1 is 0.818 bits per heavy atom. The monoisotopic (exact) mass is 607 g/mol. The van der Waals surface area contributed by atoms with Crippen molar-refractivity contribution in [2.24, 2.45) is 0 Å². The Morgan fingerprint density at radius 2 is 1.34 bits per heavy atom. The molecule has 0 aliphatic carbocycles. The maximum atomic E-state index is 13.5. The van der Waals surface area contributed by atoms with E-state index in [1.165, 1.54) is 35.0 Å². The predicted octanol–water partition coefficient (Wildman–Crippen LogP) is 7.28. The minimum Gasteiger partial charge on any atom is -0.479 e. The molecule has 44 heavy (non-hydrogen) atoms. The maximum absolute atomic E-state index is 13.5. The molecule has 0 spiro atoms. The molecule has 0 fully saturated rings. The summed E-state index contributed by atoms with van der Waals surface area (Å²) in [5, 5.41) is 10.3. The van der Waals surface area contributed by atoms with Crippen molar-refractivity contribution in [3.05, 3.63) is 142 Å². The highest BCUT2D eigenvalue weighted by Gasteiger charge is 2.21. The topological polar surface area (TPSA) is 83.9 Å². The molecular weight excluding hydrogens is 570 g/mol. The van der Waals surface area contributed by atoms with Gasteiger partial charge >= 0.3 is 5.97 Å². The second-order valence-corrected chi connectivity index (χ2v) is 12.3. The number of hydrogen-bond donors (Lipinski definition) is 1. The van der Waals surface area contributed by atoms with E-state index < -0.39 is 22.1 Å². The van der Waals surface area contributed by atoms with Crippen LogP contribution in [-0.4, -0.2) is 29.9 Å². The van der Waals surface area contributed by atoms with Crippen LogP contribution in [0.15, 0.2) is 109 Å². The van der Waals surface area contributed by atoms with Gasteiger partial charge in [0.05, 0.1) is 0 Å². The van der Waals surface area contributed by atoms with E-state index >= 15 is 0 Å². The lowest BCUT2D eigenvalue weighted by molar-refractivity contribution is -0.144. The summed E-state index contributed by atoms with van der Waals surface area (Å²) in [7, 11) is -3.81. The minimum atomic E-state index is -3.81. The van der Waals surface area contributed by atoms with Crippen LogP contribution in [0.3, 0.4) is 0 Å². The lowest BCUT2D eigenvalue weighted by Gasteiger charge is -2.21. The normalized spacial score (nSPS) is 12.1. The van der Waals surface area contributed by atoms with Gasteiger partial charge in [0.15, 0.2) is 6.10 Å². The summed E-state index contributed by atoms with van der Waals surface area (Å²) >= 11 is 0. The quantitative estimate of drug-likeness (QED) is 0.162. The Morgan fingerprint density at radius 3 is 1.86 bits per heavy atom. The van der Waals surface area contributed by atoms with Gasteiger partial charge in [0.25, 0.3) is 0 Å². The molecular formula is C37H37NO5S. The van der Waals surface area contributed by atoms with Gasteiger partial charge < -0.3 is 9.84 Å². The van der Waals surface area contributed by atoms with E-state index in [-0.39, 0.29) is 13.1 Å². The highest BCUT2D eigenvalue weighted by atomic mass is 32.2. The van der Waals surface area contributed by atoms with E-state index in [4.69, 9.17) is 9.84 Å². The van der Waals surface area contributed by atoms with Gasteiger partial charge in [-0.05, 0) is 84.5 Å². The summed E-state index contributed by atoms with van der Waals surface area (Å²) < 4.78 is 33.9. The van der Waals surface area contributed by atoms with Gasteiger partial charge in [0, 0.05) is 29.6 Å². The van der Waals surface area contributed by atoms with Gasteiger partial charge in [0.2, 0.25) is 10.0 Å². The van der Waals surface area contributed by atoms with E-state index in [1.54, 1.807) is 30.3 Å². The zero-order chi connectivity index (χ0) is 31.4. The van der Waals surface area contributed by atoms with Crippen LogP contribution in [0.2, 0.25) is 0 Å². The number of sulfonamides is 1. The summed E-state index contributed by atoms with van der Waals surface area (Å²) in [5.41, 5.74) is 5.45. The van der Waals surface area contributed by atoms with Crippen molar-refractivity contribution in [3.63, 3.8) is 0 Å². The number of ether oxygens (including phenoxy) is 1. The number of aliphatic carboxylic acids is 1. The smallest absolute Gasteiger partial charge is 0.344 e. The summed E-state index contributed by atoms with van der Waals surface area (Å²) in [6, 6.07) is 32.0. The third kappa shape index (κ3) is 9.98. The van der Waals surface area contributed by atoms with Gasteiger partial charge in [-0.1, -0.05) is 91.9 Å². The van der Waals surface area contributed by atoms with Crippen LogP contribution in [-0.2, 0) is 34.3 Å². The number of benzene rings is 4. The summed E-state index contributed by atoms with van der Waals surface area (Å²) in [6.45, 7) is 3.91. The van der Waals surface area contributed by atoms with Gasteiger partial charge in [0.1, 0.15) is 5.75 Å². The fourth-order valence-corrected chi connectivity index (χ4v) is 5.52. The molecule has 0 bridgehead atoms. The number of rotatable bonds is 13. The number of carbonyl (C=O) groups is 1. The lowest BCUT2D eigenvalue weighted by Crippen LogP contribution is -2.28. The van der Waals surface area contributed by atoms with Crippen LogP contribution < -0.4 is 4.74 Å². The molecule has 4 rings (SSSR count). The van der Waals surface area contributed by atoms with E-state index in [1.807, 2.05) is 66.7 Å². The van der Waals surface area contributed by atoms with Crippen molar-refractivity contribution in [2.45, 2.75) is 52.3 Å². The molecule has 0 radical (unpaired) electrons. The first-order valence-corrected chi connectivity index (χ1v) is 16.1. The number of aryl methyl sites for hydroxylation is 1. The number of carboxylic acid groups (broad SMARTS) is 1. The molecule has 4 aromatic rings. The zero-order valence-corrected chi connectivity index (χ0v) is 25.8. The molecule has 4 aromatic carbocycles. The summed E-state index contributed by atoms with van der Waals surface area (Å²) in [4.78, 5) is 11.1. The van der Waals surface area contributed by atoms with Crippen molar-refractivity contribution >= 4 is 22.1 Å².